The van der Waals surface area contributed by atoms with Crippen molar-refractivity contribution in [2.24, 2.45) is 0 Å². The number of ether oxygens (including phenoxy) is 1. The van der Waals surface area contributed by atoms with Crippen molar-refractivity contribution in [3.8, 4) is 5.75 Å². The second-order valence-corrected chi connectivity index (χ2v) is 7.67. The number of nitrogens with zero attached hydrogens (tertiary/aromatic N) is 1. The Labute approximate surface area is 165 Å². The van der Waals surface area contributed by atoms with Crippen LogP contribution in [0.5, 0.6) is 5.75 Å². The van der Waals surface area contributed by atoms with Gasteiger partial charge >= 0.3 is 5.63 Å². The maximum Gasteiger partial charge on any atom is 0.336 e. The third-order valence-corrected chi connectivity index (χ3v) is 5.75. The highest BCUT2D eigenvalue weighted by molar-refractivity contribution is 5.86. The van der Waals surface area contributed by atoms with Gasteiger partial charge in [-0.05, 0) is 43.9 Å². The van der Waals surface area contributed by atoms with Gasteiger partial charge in [0.1, 0.15) is 18.1 Å². The quantitative estimate of drug-likeness (QED) is 0.562. The first-order chi connectivity index (χ1) is 13.6. The van der Waals surface area contributed by atoms with Gasteiger partial charge in [0.2, 0.25) is 0 Å². The zero-order chi connectivity index (χ0) is 19.7. The highest BCUT2D eigenvalue weighted by Crippen LogP contribution is 2.37. The van der Waals surface area contributed by atoms with E-state index in [0.717, 1.165) is 53.6 Å². The first-order valence-electron chi connectivity index (χ1n) is 10.1. The Morgan fingerprint density at radius 1 is 1.18 bits per heavy atom. The minimum absolute atomic E-state index is 0.263. The Kier molecular flexibility index (Phi) is 5.23. The molecule has 0 aliphatic carbocycles. The maximum atomic E-state index is 12.1. The van der Waals surface area contributed by atoms with Crippen LogP contribution in [-0.2, 0) is 13.0 Å². The van der Waals surface area contributed by atoms with E-state index in [1.54, 1.807) is 6.07 Å². The summed E-state index contributed by atoms with van der Waals surface area (Å²) in [7, 11) is 0. The van der Waals surface area contributed by atoms with Crippen LogP contribution in [0.3, 0.4) is 0 Å². The van der Waals surface area contributed by atoms with Crippen LogP contribution >= 0.6 is 0 Å². The summed E-state index contributed by atoms with van der Waals surface area (Å²) >= 11 is 0. The molecule has 4 rings (SSSR count). The van der Waals surface area contributed by atoms with Crippen LogP contribution in [0.25, 0.3) is 11.0 Å². The fourth-order valence-corrected chi connectivity index (χ4v) is 4.07. The van der Waals surface area contributed by atoms with Crippen LogP contribution in [0.1, 0.15) is 55.0 Å². The van der Waals surface area contributed by atoms with Crippen molar-refractivity contribution in [2.45, 2.75) is 52.6 Å². The van der Waals surface area contributed by atoms with Crippen molar-refractivity contribution >= 4 is 11.0 Å². The number of unbranched alkanes of at least 4 members (excludes halogenated alkanes) is 1. The number of fused-ring (bicyclic) bond motifs is 2. The number of aryl methyl sites for hydroxylation is 2. The molecule has 0 amide bonds. The van der Waals surface area contributed by atoms with E-state index in [2.05, 4.69) is 49.1 Å². The van der Waals surface area contributed by atoms with Crippen molar-refractivity contribution in [1.29, 1.82) is 0 Å². The molecular weight excluding hydrogens is 350 g/mol. The van der Waals surface area contributed by atoms with Crippen LogP contribution in [0, 0.1) is 6.92 Å². The average molecular weight is 377 g/mol. The van der Waals surface area contributed by atoms with Crippen molar-refractivity contribution in [3.05, 3.63) is 75.1 Å². The van der Waals surface area contributed by atoms with Gasteiger partial charge in [0, 0.05) is 35.2 Å². The van der Waals surface area contributed by atoms with Crippen LogP contribution in [0.4, 0.5) is 0 Å². The molecule has 1 aliphatic rings. The van der Waals surface area contributed by atoms with Crippen LogP contribution in [0.15, 0.2) is 51.7 Å². The SMILES string of the molecule is CCCCc1cc(=O)oc2c(C)c3c(cc12)CN(C(C)c1ccccc1)CO3. The summed E-state index contributed by atoms with van der Waals surface area (Å²) in [6.07, 6.45) is 3.04. The van der Waals surface area contributed by atoms with E-state index >= 15 is 0 Å². The van der Waals surface area contributed by atoms with Gasteiger partial charge < -0.3 is 9.15 Å². The van der Waals surface area contributed by atoms with Crippen molar-refractivity contribution < 1.29 is 9.15 Å². The third kappa shape index (κ3) is 3.45. The van der Waals surface area contributed by atoms with Crippen molar-refractivity contribution in [3.63, 3.8) is 0 Å². The van der Waals surface area contributed by atoms with Crippen molar-refractivity contribution in [1.82, 2.24) is 4.90 Å². The lowest BCUT2D eigenvalue weighted by molar-refractivity contribution is 0.0613. The molecule has 146 valence electrons. The van der Waals surface area contributed by atoms with E-state index < -0.39 is 0 Å². The molecule has 3 aromatic rings. The summed E-state index contributed by atoms with van der Waals surface area (Å²) in [5, 5.41) is 1.04. The fourth-order valence-electron chi connectivity index (χ4n) is 4.07. The van der Waals surface area contributed by atoms with E-state index in [4.69, 9.17) is 9.15 Å². The zero-order valence-electron chi connectivity index (χ0n) is 16.8. The molecular formula is C24H27NO3. The molecule has 0 radical (unpaired) electrons. The molecule has 1 unspecified atom stereocenters. The number of hydrogen-bond donors (Lipinski definition) is 0. The van der Waals surface area contributed by atoms with E-state index in [9.17, 15) is 4.79 Å². The fraction of sp³-hybridized carbons (Fsp3) is 0.375. The smallest absolute Gasteiger partial charge is 0.336 e. The molecule has 4 nitrogen and oxygen atoms in total. The average Bonchev–Trinajstić information content (AvgIpc) is 2.72. The molecule has 0 fully saturated rings. The summed E-state index contributed by atoms with van der Waals surface area (Å²) in [6, 6.07) is 14.6. The molecule has 1 aliphatic heterocycles. The third-order valence-electron chi connectivity index (χ3n) is 5.75. The Bertz CT molecular complexity index is 1040. The van der Waals surface area contributed by atoms with E-state index in [0.29, 0.717) is 12.3 Å². The van der Waals surface area contributed by atoms with Gasteiger partial charge in [-0.1, -0.05) is 43.7 Å². The minimum atomic E-state index is -0.281. The molecule has 2 heterocycles. The summed E-state index contributed by atoms with van der Waals surface area (Å²) in [5.74, 6) is 0.861. The Hall–Kier alpha value is -2.59. The monoisotopic (exact) mass is 377 g/mol. The molecule has 28 heavy (non-hydrogen) atoms. The van der Waals surface area contributed by atoms with Gasteiger partial charge in [-0.2, -0.15) is 0 Å². The van der Waals surface area contributed by atoms with Crippen LogP contribution in [0.2, 0.25) is 0 Å². The predicted octanol–water partition coefficient (Wildman–Crippen LogP) is 5.36. The zero-order valence-corrected chi connectivity index (χ0v) is 16.8. The van der Waals surface area contributed by atoms with Gasteiger partial charge in [0.05, 0.1) is 0 Å². The van der Waals surface area contributed by atoms with Gasteiger partial charge in [-0.3, -0.25) is 4.90 Å². The molecule has 0 spiro atoms. The molecule has 0 bridgehead atoms. The Morgan fingerprint density at radius 2 is 1.96 bits per heavy atom. The Balaban J connectivity index is 1.74. The summed E-state index contributed by atoms with van der Waals surface area (Å²) in [4.78, 5) is 14.4. The minimum Gasteiger partial charge on any atom is -0.477 e. The number of benzene rings is 2. The van der Waals surface area contributed by atoms with Crippen molar-refractivity contribution in [2.75, 3.05) is 6.73 Å². The standard InChI is InChI=1S/C24H27NO3/c1-4-5-9-19-13-22(26)28-24-16(2)23-20(12-21(19)24)14-25(15-27-23)17(3)18-10-7-6-8-11-18/h6-8,10-13,17H,4-5,9,14-15H2,1-3H3. The van der Waals surface area contributed by atoms with E-state index in [-0.39, 0.29) is 11.7 Å². The van der Waals surface area contributed by atoms with E-state index in [1.165, 1.54) is 5.56 Å². The summed E-state index contributed by atoms with van der Waals surface area (Å²) in [6.45, 7) is 7.70. The second-order valence-electron chi connectivity index (χ2n) is 7.67. The molecule has 0 saturated carbocycles. The predicted molar refractivity (Wildman–Crippen MR) is 112 cm³/mol. The van der Waals surface area contributed by atoms with Gasteiger partial charge in [0.15, 0.2) is 0 Å². The highest BCUT2D eigenvalue weighted by atomic mass is 16.5. The lowest BCUT2D eigenvalue weighted by atomic mass is 9.97. The lowest BCUT2D eigenvalue weighted by Crippen LogP contribution is -2.34. The Morgan fingerprint density at radius 3 is 2.71 bits per heavy atom. The van der Waals surface area contributed by atoms with Gasteiger partial charge in [-0.25, -0.2) is 4.79 Å². The first kappa shape index (κ1) is 18.8. The summed E-state index contributed by atoms with van der Waals surface area (Å²) < 4.78 is 11.7. The second kappa shape index (κ2) is 7.80. The number of hydrogen-bond acceptors (Lipinski definition) is 4. The molecule has 2 aromatic carbocycles. The van der Waals surface area contributed by atoms with Gasteiger partial charge in [-0.15, -0.1) is 0 Å². The lowest BCUT2D eigenvalue weighted by Gasteiger charge is -2.34. The molecule has 0 N–H and O–H groups in total. The highest BCUT2D eigenvalue weighted by Gasteiger charge is 2.26. The summed E-state index contributed by atoms with van der Waals surface area (Å²) in [5.41, 5.74) is 4.83. The molecule has 1 atom stereocenters. The number of rotatable bonds is 5. The maximum absolute atomic E-state index is 12.1. The van der Waals surface area contributed by atoms with Crippen LogP contribution < -0.4 is 10.4 Å². The topological polar surface area (TPSA) is 42.7 Å². The molecule has 0 saturated heterocycles. The molecule has 1 aromatic heterocycles. The molecule has 4 heteroatoms. The van der Waals surface area contributed by atoms with Crippen LogP contribution in [-0.4, -0.2) is 11.6 Å². The van der Waals surface area contributed by atoms with E-state index in [1.807, 2.05) is 13.0 Å². The normalized spacial score (nSPS) is 15.2. The van der Waals surface area contributed by atoms with Gasteiger partial charge in [0.25, 0.3) is 0 Å². The first-order valence-corrected chi connectivity index (χ1v) is 10.1. The largest absolute Gasteiger partial charge is 0.477 e.